The molecule has 4 N–H and O–H groups in total. The number of aryl methyl sites for hydroxylation is 1. The van der Waals surface area contributed by atoms with Crippen LogP contribution in [-0.2, 0) is 6.42 Å². The number of rotatable bonds is 5. The lowest BCUT2D eigenvalue weighted by molar-refractivity contribution is 0.0977. The Morgan fingerprint density at radius 2 is 1.71 bits per heavy atom. The van der Waals surface area contributed by atoms with E-state index in [1.807, 2.05) is 24.3 Å². The monoisotopic (exact) mass is 363 g/mol. The third kappa shape index (κ3) is 6.18. The highest BCUT2D eigenvalue weighted by atomic mass is 35.5. The van der Waals surface area contributed by atoms with Crippen LogP contribution < -0.4 is 16.4 Å². The van der Waals surface area contributed by atoms with Crippen LogP contribution in [0.5, 0.6) is 0 Å². The van der Waals surface area contributed by atoms with Crippen molar-refractivity contribution in [2.75, 3.05) is 11.1 Å². The molecule has 1 amide bonds. The molecule has 0 atom stereocenters. The van der Waals surface area contributed by atoms with E-state index in [2.05, 4.69) is 17.6 Å². The molecule has 0 heterocycles. The fourth-order valence-corrected chi connectivity index (χ4v) is 2.32. The summed E-state index contributed by atoms with van der Waals surface area (Å²) in [6.45, 7) is 2.16. The molecule has 6 heteroatoms. The van der Waals surface area contributed by atoms with E-state index < -0.39 is 0 Å². The zero-order valence-corrected chi connectivity index (χ0v) is 15.2. The normalized spacial score (nSPS) is 9.71. The summed E-state index contributed by atoms with van der Waals surface area (Å²) in [5.74, 6) is -0.222. The fraction of sp³-hybridized carbons (Fsp3) is 0.222. The Hall–Kier alpha value is -2.11. The van der Waals surface area contributed by atoms with Crippen LogP contribution in [0.15, 0.2) is 48.5 Å². The molecule has 0 radical (unpaired) electrons. The predicted molar refractivity (Wildman–Crippen MR) is 107 cm³/mol. The van der Waals surface area contributed by atoms with Crippen molar-refractivity contribution in [1.82, 2.24) is 5.32 Å². The number of nitrogen functional groups attached to an aromatic ring is 1. The van der Waals surface area contributed by atoms with Gasteiger partial charge in [-0.3, -0.25) is 10.1 Å². The van der Waals surface area contributed by atoms with E-state index in [-0.39, 0.29) is 23.4 Å². The molecule has 0 aromatic heterocycles. The zero-order chi connectivity index (χ0) is 16.7. The lowest BCUT2D eigenvalue weighted by atomic mass is 10.1. The number of thiocarbonyl (C=S) groups is 1. The van der Waals surface area contributed by atoms with Crippen molar-refractivity contribution in [3.05, 3.63) is 59.7 Å². The summed E-state index contributed by atoms with van der Waals surface area (Å²) in [4.78, 5) is 12.2. The van der Waals surface area contributed by atoms with Crippen molar-refractivity contribution in [1.29, 1.82) is 0 Å². The summed E-state index contributed by atoms with van der Waals surface area (Å²) in [7, 11) is 0. The topological polar surface area (TPSA) is 67.2 Å². The number of carbonyl (C=O) groups excluding carboxylic acids is 1. The molecule has 0 spiro atoms. The molecule has 2 aromatic carbocycles. The summed E-state index contributed by atoms with van der Waals surface area (Å²) < 4.78 is 0. The van der Waals surface area contributed by atoms with Crippen LogP contribution in [0.4, 0.5) is 11.4 Å². The molecular weight excluding hydrogens is 342 g/mol. The van der Waals surface area contributed by atoms with Gasteiger partial charge in [0.15, 0.2) is 5.11 Å². The van der Waals surface area contributed by atoms with Crippen LogP contribution in [0, 0.1) is 0 Å². The molecule has 0 bridgehead atoms. The van der Waals surface area contributed by atoms with Crippen LogP contribution in [0.25, 0.3) is 0 Å². The molecule has 0 saturated carbocycles. The van der Waals surface area contributed by atoms with Gasteiger partial charge in [-0.15, -0.1) is 12.4 Å². The summed E-state index contributed by atoms with van der Waals surface area (Å²) in [5.41, 5.74) is 8.91. The molecule has 0 fully saturated rings. The highest BCUT2D eigenvalue weighted by Gasteiger charge is 2.08. The Kier molecular flexibility index (Phi) is 8.22. The maximum Gasteiger partial charge on any atom is 0.257 e. The Labute approximate surface area is 154 Å². The molecule has 0 aliphatic rings. The van der Waals surface area contributed by atoms with Crippen molar-refractivity contribution in [3.63, 3.8) is 0 Å². The first-order chi connectivity index (χ1) is 11.1. The summed E-state index contributed by atoms with van der Waals surface area (Å²) in [6, 6.07) is 14.8. The van der Waals surface area contributed by atoms with Crippen LogP contribution in [0.3, 0.4) is 0 Å². The average Bonchev–Trinajstić information content (AvgIpc) is 2.55. The number of unbranched alkanes of at least 4 members (excludes halogenated alkanes) is 1. The smallest absolute Gasteiger partial charge is 0.257 e. The van der Waals surface area contributed by atoms with Gasteiger partial charge >= 0.3 is 0 Å². The third-order valence-electron chi connectivity index (χ3n) is 3.43. The quantitative estimate of drug-likeness (QED) is 0.551. The second-order valence-electron chi connectivity index (χ2n) is 5.33. The first-order valence-electron chi connectivity index (χ1n) is 7.65. The lowest BCUT2D eigenvalue weighted by Gasteiger charge is -2.10. The van der Waals surface area contributed by atoms with Crippen molar-refractivity contribution in [2.24, 2.45) is 0 Å². The molecule has 0 aliphatic carbocycles. The van der Waals surface area contributed by atoms with Crippen LogP contribution in [0.2, 0.25) is 0 Å². The van der Waals surface area contributed by atoms with Gasteiger partial charge in [0.05, 0.1) is 0 Å². The first-order valence-corrected chi connectivity index (χ1v) is 8.06. The van der Waals surface area contributed by atoms with Gasteiger partial charge in [-0.05, 0) is 67.0 Å². The van der Waals surface area contributed by atoms with E-state index >= 15 is 0 Å². The Morgan fingerprint density at radius 3 is 2.29 bits per heavy atom. The molecular formula is C18H22ClN3OS. The number of nitrogens with one attached hydrogen (secondary N) is 2. The Morgan fingerprint density at radius 1 is 1.08 bits per heavy atom. The number of anilines is 2. The minimum Gasteiger partial charge on any atom is -0.399 e. The van der Waals surface area contributed by atoms with Crippen molar-refractivity contribution in [2.45, 2.75) is 26.2 Å². The van der Waals surface area contributed by atoms with Gasteiger partial charge in [-0.25, -0.2) is 0 Å². The molecule has 4 nitrogen and oxygen atoms in total. The largest absolute Gasteiger partial charge is 0.399 e. The molecule has 0 saturated heterocycles. The van der Waals surface area contributed by atoms with E-state index in [1.165, 1.54) is 5.56 Å². The van der Waals surface area contributed by atoms with Gasteiger partial charge in [0, 0.05) is 16.9 Å². The Balaban J connectivity index is 0.00000288. The van der Waals surface area contributed by atoms with Crippen LogP contribution >= 0.6 is 24.6 Å². The summed E-state index contributed by atoms with van der Waals surface area (Å²) in [5, 5.41) is 5.88. The van der Waals surface area contributed by atoms with Gasteiger partial charge in [0.1, 0.15) is 0 Å². The van der Waals surface area contributed by atoms with E-state index in [4.69, 9.17) is 18.0 Å². The number of carbonyl (C=O) groups is 1. The Bertz CT molecular complexity index is 672. The van der Waals surface area contributed by atoms with E-state index in [1.54, 1.807) is 24.3 Å². The van der Waals surface area contributed by atoms with Crippen LogP contribution in [0.1, 0.15) is 35.7 Å². The number of nitrogens with two attached hydrogens (primary N) is 1. The van der Waals surface area contributed by atoms with Gasteiger partial charge in [0.25, 0.3) is 5.91 Å². The van der Waals surface area contributed by atoms with E-state index in [0.717, 1.165) is 24.9 Å². The van der Waals surface area contributed by atoms with Crippen molar-refractivity contribution in [3.8, 4) is 0 Å². The van der Waals surface area contributed by atoms with E-state index in [9.17, 15) is 4.79 Å². The fourth-order valence-electron chi connectivity index (χ4n) is 2.11. The second-order valence-corrected chi connectivity index (χ2v) is 5.74. The average molecular weight is 364 g/mol. The summed E-state index contributed by atoms with van der Waals surface area (Å²) >= 11 is 5.15. The highest BCUT2D eigenvalue weighted by Crippen LogP contribution is 2.11. The minimum absolute atomic E-state index is 0. The molecule has 128 valence electrons. The second kappa shape index (κ2) is 9.90. The number of hydrogen-bond donors (Lipinski definition) is 3. The zero-order valence-electron chi connectivity index (χ0n) is 13.5. The van der Waals surface area contributed by atoms with Crippen molar-refractivity contribution >= 4 is 47.0 Å². The van der Waals surface area contributed by atoms with Gasteiger partial charge < -0.3 is 11.1 Å². The maximum atomic E-state index is 12.2. The molecule has 24 heavy (non-hydrogen) atoms. The minimum atomic E-state index is -0.222. The molecule has 0 unspecified atom stereocenters. The highest BCUT2D eigenvalue weighted by molar-refractivity contribution is 7.80. The number of benzene rings is 2. The van der Waals surface area contributed by atoms with E-state index in [0.29, 0.717) is 11.3 Å². The number of amides is 1. The maximum absolute atomic E-state index is 12.2. The standard InChI is InChI=1S/C18H21N3OS.ClH/c1-2-3-4-13-5-7-14(8-6-13)17(22)21-18(23)20-16-11-9-15(19)10-12-16;/h5-12H,2-4,19H2,1H3,(H2,20,21,22,23);1H. The first kappa shape index (κ1) is 19.9. The number of hydrogen-bond acceptors (Lipinski definition) is 3. The van der Waals surface area contributed by atoms with Gasteiger partial charge in [0.2, 0.25) is 0 Å². The van der Waals surface area contributed by atoms with Gasteiger partial charge in [-0.2, -0.15) is 0 Å². The third-order valence-corrected chi connectivity index (χ3v) is 3.63. The van der Waals surface area contributed by atoms with Crippen molar-refractivity contribution < 1.29 is 4.79 Å². The molecule has 2 rings (SSSR count). The van der Waals surface area contributed by atoms with Gasteiger partial charge in [-0.1, -0.05) is 25.5 Å². The predicted octanol–water partition coefficient (Wildman–Crippen LogP) is 4.16. The SMILES string of the molecule is CCCCc1ccc(C(=O)NC(=S)Nc2ccc(N)cc2)cc1.Cl. The lowest BCUT2D eigenvalue weighted by Crippen LogP contribution is -2.34. The number of halogens is 1. The molecule has 0 aliphatic heterocycles. The summed E-state index contributed by atoms with van der Waals surface area (Å²) in [6.07, 6.45) is 3.35. The van der Waals surface area contributed by atoms with Crippen LogP contribution in [-0.4, -0.2) is 11.0 Å². The molecule has 2 aromatic rings.